The number of likely N-dealkylation sites (tertiary alicyclic amines) is 1. The second-order valence-corrected chi connectivity index (χ2v) is 4.61. The predicted molar refractivity (Wildman–Crippen MR) is 60.1 cm³/mol. The SMILES string of the molecule is N=C(N)C1CCN(C2CCOCC2)CC1. The van der Waals surface area contributed by atoms with Gasteiger partial charge in [-0.1, -0.05) is 0 Å². The molecule has 0 atom stereocenters. The summed E-state index contributed by atoms with van der Waals surface area (Å²) in [5.74, 6) is 0.711. The van der Waals surface area contributed by atoms with Gasteiger partial charge in [-0.25, -0.2) is 0 Å². The number of nitrogens with two attached hydrogens (primary N) is 1. The fourth-order valence-corrected chi connectivity index (χ4v) is 2.63. The summed E-state index contributed by atoms with van der Waals surface area (Å²) >= 11 is 0. The Hall–Kier alpha value is -0.610. The molecular formula is C11H21N3O. The molecule has 86 valence electrons. The molecule has 2 rings (SSSR count). The van der Waals surface area contributed by atoms with Crippen molar-refractivity contribution >= 4 is 5.84 Å². The molecule has 0 saturated carbocycles. The highest BCUT2D eigenvalue weighted by Crippen LogP contribution is 2.22. The smallest absolute Gasteiger partial charge is 0.0937 e. The highest BCUT2D eigenvalue weighted by atomic mass is 16.5. The van der Waals surface area contributed by atoms with E-state index in [1.165, 1.54) is 12.8 Å². The van der Waals surface area contributed by atoms with Crippen LogP contribution < -0.4 is 5.73 Å². The van der Waals surface area contributed by atoms with Crippen molar-refractivity contribution in [2.24, 2.45) is 11.7 Å². The van der Waals surface area contributed by atoms with Crippen LogP contribution in [0.3, 0.4) is 0 Å². The molecule has 2 aliphatic rings. The summed E-state index contributed by atoms with van der Waals surface area (Å²) in [4.78, 5) is 2.56. The van der Waals surface area contributed by atoms with Gasteiger partial charge in [0.2, 0.25) is 0 Å². The summed E-state index contributed by atoms with van der Waals surface area (Å²) in [6.07, 6.45) is 4.47. The van der Waals surface area contributed by atoms with E-state index in [1.807, 2.05) is 0 Å². The Kier molecular flexibility index (Phi) is 3.59. The van der Waals surface area contributed by atoms with Crippen LogP contribution in [0.5, 0.6) is 0 Å². The molecule has 0 aliphatic carbocycles. The topological polar surface area (TPSA) is 62.3 Å². The summed E-state index contributed by atoms with van der Waals surface area (Å²) in [6, 6.07) is 0.714. The fraction of sp³-hybridized carbons (Fsp3) is 0.909. The zero-order chi connectivity index (χ0) is 10.7. The van der Waals surface area contributed by atoms with Crippen LogP contribution in [0.15, 0.2) is 0 Å². The Morgan fingerprint density at radius 3 is 2.27 bits per heavy atom. The van der Waals surface area contributed by atoms with Gasteiger partial charge in [0, 0.05) is 25.2 Å². The lowest BCUT2D eigenvalue weighted by atomic mass is 9.93. The van der Waals surface area contributed by atoms with Crippen LogP contribution in [0, 0.1) is 11.3 Å². The summed E-state index contributed by atoms with van der Waals surface area (Å²) < 4.78 is 5.37. The van der Waals surface area contributed by atoms with Gasteiger partial charge in [0.15, 0.2) is 0 Å². The summed E-state index contributed by atoms with van der Waals surface area (Å²) in [7, 11) is 0. The zero-order valence-corrected chi connectivity index (χ0v) is 9.24. The monoisotopic (exact) mass is 211 g/mol. The summed E-state index contributed by atoms with van der Waals surface area (Å²) in [5.41, 5.74) is 5.54. The minimum Gasteiger partial charge on any atom is -0.387 e. The molecule has 15 heavy (non-hydrogen) atoms. The van der Waals surface area contributed by atoms with Crippen molar-refractivity contribution in [2.75, 3.05) is 26.3 Å². The Morgan fingerprint density at radius 1 is 1.13 bits per heavy atom. The van der Waals surface area contributed by atoms with Crippen LogP contribution in [-0.2, 0) is 4.74 Å². The standard InChI is InChI=1S/C11H21N3O/c12-11(13)9-1-5-14(6-2-9)10-3-7-15-8-4-10/h9-10H,1-8H2,(H3,12,13). The third-order valence-electron chi connectivity index (χ3n) is 3.68. The van der Waals surface area contributed by atoms with Crippen LogP contribution in [0.1, 0.15) is 25.7 Å². The van der Waals surface area contributed by atoms with Crippen molar-refractivity contribution < 1.29 is 4.74 Å². The Labute approximate surface area is 91.3 Å². The van der Waals surface area contributed by atoms with Gasteiger partial charge in [-0.2, -0.15) is 0 Å². The van der Waals surface area contributed by atoms with E-state index in [0.717, 1.165) is 39.1 Å². The number of piperidine rings is 1. The predicted octanol–water partition coefficient (Wildman–Crippen LogP) is 0.813. The maximum Gasteiger partial charge on any atom is 0.0937 e. The van der Waals surface area contributed by atoms with Crippen molar-refractivity contribution in [3.63, 3.8) is 0 Å². The molecule has 0 amide bonds. The lowest BCUT2D eigenvalue weighted by Gasteiger charge is -2.38. The van der Waals surface area contributed by atoms with E-state index in [9.17, 15) is 0 Å². The number of rotatable bonds is 2. The van der Waals surface area contributed by atoms with E-state index in [4.69, 9.17) is 15.9 Å². The van der Waals surface area contributed by atoms with E-state index in [2.05, 4.69) is 4.90 Å². The Balaban J connectivity index is 1.79. The average molecular weight is 211 g/mol. The van der Waals surface area contributed by atoms with Gasteiger partial charge in [0.25, 0.3) is 0 Å². The molecule has 0 aromatic carbocycles. The van der Waals surface area contributed by atoms with Gasteiger partial charge in [-0.15, -0.1) is 0 Å². The molecule has 0 aromatic heterocycles. The van der Waals surface area contributed by atoms with Gasteiger partial charge < -0.3 is 15.4 Å². The van der Waals surface area contributed by atoms with Crippen LogP contribution in [0.2, 0.25) is 0 Å². The first-order valence-electron chi connectivity index (χ1n) is 5.93. The van der Waals surface area contributed by atoms with Gasteiger partial charge in [-0.3, -0.25) is 5.41 Å². The molecule has 0 aromatic rings. The third kappa shape index (κ3) is 2.69. The van der Waals surface area contributed by atoms with Gasteiger partial charge in [0.1, 0.15) is 0 Å². The number of hydrogen-bond donors (Lipinski definition) is 2. The number of amidine groups is 1. The summed E-state index contributed by atoms with van der Waals surface area (Å²) in [6.45, 7) is 4.04. The number of nitrogens with one attached hydrogen (secondary N) is 1. The van der Waals surface area contributed by atoms with E-state index in [-0.39, 0.29) is 0 Å². The maximum absolute atomic E-state index is 7.44. The molecule has 0 bridgehead atoms. The second kappa shape index (κ2) is 4.94. The number of ether oxygens (including phenoxy) is 1. The lowest BCUT2D eigenvalue weighted by Crippen LogP contribution is -2.45. The molecule has 4 nitrogen and oxygen atoms in total. The van der Waals surface area contributed by atoms with Crippen molar-refractivity contribution in [3.8, 4) is 0 Å². The van der Waals surface area contributed by atoms with Crippen molar-refractivity contribution in [2.45, 2.75) is 31.7 Å². The first kappa shape index (κ1) is 10.9. The van der Waals surface area contributed by atoms with E-state index < -0.39 is 0 Å². The first-order chi connectivity index (χ1) is 7.27. The lowest BCUT2D eigenvalue weighted by molar-refractivity contribution is 0.0245. The third-order valence-corrected chi connectivity index (χ3v) is 3.68. The van der Waals surface area contributed by atoms with E-state index in [0.29, 0.717) is 17.8 Å². The molecule has 2 heterocycles. The van der Waals surface area contributed by atoms with Crippen molar-refractivity contribution in [1.82, 2.24) is 4.90 Å². The Morgan fingerprint density at radius 2 is 1.73 bits per heavy atom. The quantitative estimate of drug-likeness (QED) is 0.525. The normalized spacial score (nSPS) is 26.7. The molecule has 0 radical (unpaired) electrons. The molecular weight excluding hydrogens is 190 g/mol. The maximum atomic E-state index is 7.44. The fourth-order valence-electron chi connectivity index (χ4n) is 2.63. The molecule has 0 spiro atoms. The molecule has 3 N–H and O–H groups in total. The van der Waals surface area contributed by atoms with Gasteiger partial charge >= 0.3 is 0 Å². The highest BCUT2D eigenvalue weighted by molar-refractivity contribution is 5.79. The minimum absolute atomic E-state index is 0.334. The van der Waals surface area contributed by atoms with Crippen LogP contribution in [0.4, 0.5) is 0 Å². The highest BCUT2D eigenvalue weighted by Gasteiger charge is 2.27. The number of hydrogen-bond acceptors (Lipinski definition) is 3. The summed E-state index contributed by atoms with van der Waals surface area (Å²) in [5, 5.41) is 7.44. The van der Waals surface area contributed by atoms with Gasteiger partial charge in [-0.05, 0) is 38.8 Å². The average Bonchev–Trinajstić information content (AvgIpc) is 2.30. The molecule has 2 aliphatic heterocycles. The first-order valence-corrected chi connectivity index (χ1v) is 5.93. The Bertz CT molecular complexity index is 218. The molecule has 4 heteroatoms. The van der Waals surface area contributed by atoms with Crippen molar-refractivity contribution in [3.05, 3.63) is 0 Å². The van der Waals surface area contributed by atoms with E-state index >= 15 is 0 Å². The minimum atomic E-state index is 0.334. The van der Waals surface area contributed by atoms with Crippen LogP contribution >= 0.6 is 0 Å². The molecule has 2 fully saturated rings. The van der Waals surface area contributed by atoms with Crippen molar-refractivity contribution in [1.29, 1.82) is 5.41 Å². The van der Waals surface area contributed by atoms with Crippen LogP contribution in [0.25, 0.3) is 0 Å². The van der Waals surface area contributed by atoms with Gasteiger partial charge in [0.05, 0.1) is 5.84 Å². The number of nitrogens with zero attached hydrogens (tertiary/aromatic N) is 1. The largest absolute Gasteiger partial charge is 0.387 e. The molecule has 0 unspecified atom stereocenters. The second-order valence-electron chi connectivity index (χ2n) is 4.61. The zero-order valence-electron chi connectivity index (χ0n) is 9.24. The molecule has 2 saturated heterocycles. The van der Waals surface area contributed by atoms with E-state index in [1.54, 1.807) is 0 Å². The van der Waals surface area contributed by atoms with Crippen LogP contribution in [-0.4, -0.2) is 43.1 Å².